The van der Waals surface area contributed by atoms with Gasteiger partial charge in [-0.2, -0.15) is 4.80 Å². The van der Waals surface area contributed by atoms with Crippen molar-refractivity contribution in [1.29, 1.82) is 0 Å². The van der Waals surface area contributed by atoms with Gasteiger partial charge in [0.2, 0.25) is 11.7 Å². The van der Waals surface area contributed by atoms with Gasteiger partial charge in [-0.15, -0.1) is 10.2 Å². The minimum Gasteiger partial charge on any atom is -0.493 e. The minimum atomic E-state index is 0.0697. The molecule has 150 valence electrons. The molecule has 2 aliphatic rings. The summed E-state index contributed by atoms with van der Waals surface area (Å²) < 4.78 is 10.6. The van der Waals surface area contributed by atoms with Crippen LogP contribution in [0.1, 0.15) is 32.1 Å². The number of tetrazole rings is 1. The summed E-state index contributed by atoms with van der Waals surface area (Å²) in [5, 5.41) is 12.5. The summed E-state index contributed by atoms with van der Waals surface area (Å²) in [6, 6.07) is 5.45. The normalized spacial score (nSPS) is 21.9. The Morgan fingerprint density at radius 1 is 1.11 bits per heavy atom. The van der Waals surface area contributed by atoms with E-state index in [0.717, 1.165) is 31.0 Å². The maximum Gasteiger partial charge on any atom is 0.246 e. The number of carbonyl (C=O) groups excluding carboxylic acids is 1. The highest BCUT2D eigenvalue weighted by atomic mass is 16.5. The first-order valence-corrected chi connectivity index (χ1v) is 9.96. The monoisotopic (exact) mass is 385 g/mol. The smallest absolute Gasteiger partial charge is 0.246 e. The van der Waals surface area contributed by atoms with Crippen LogP contribution < -0.4 is 9.47 Å². The maximum atomic E-state index is 12.7. The molecule has 1 aliphatic carbocycles. The first-order chi connectivity index (χ1) is 13.7. The van der Waals surface area contributed by atoms with E-state index in [1.165, 1.54) is 30.5 Å². The number of carbonyl (C=O) groups is 1. The number of ether oxygens (including phenoxy) is 2. The highest BCUT2D eigenvalue weighted by Crippen LogP contribution is 2.36. The first-order valence-electron chi connectivity index (χ1n) is 9.96. The average Bonchev–Trinajstić information content (AvgIpc) is 3.21. The summed E-state index contributed by atoms with van der Waals surface area (Å²) in [5.74, 6) is 3.24. The molecule has 0 radical (unpaired) electrons. The van der Waals surface area contributed by atoms with E-state index in [4.69, 9.17) is 9.47 Å². The first kappa shape index (κ1) is 18.7. The molecule has 2 fully saturated rings. The van der Waals surface area contributed by atoms with Crippen molar-refractivity contribution in [1.82, 2.24) is 25.1 Å². The molecule has 1 aromatic heterocycles. The van der Waals surface area contributed by atoms with Crippen molar-refractivity contribution in [3.05, 3.63) is 18.2 Å². The highest BCUT2D eigenvalue weighted by molar-refractivity contribution is 5.76. The Balaban J connectivity index is 1.41. The molecule has 0 spiro atoms. The van der Waals surface area contributed by atoms with Crippen molar-refractivity contribution in [2.75, 3.05) is 27.3 Å². The average molecular weight is 385 g/mol. The fraction of sp³-hybridized carbons (Fsp3) is 0.600. The van der Waals surface area contributed by atoms with E-state index >= 15 is 0 Å². The predicted octanol–water partition coefficient (Wildman–Crippen LogP) is 2.40. The van der Waals surface area contributed by atoms with Gasteiger partial charge in [0.05, 0.1) is 14.2 Å². The lowest BCUT2D eigenvalue weighted by Crippen LogP contribution is -2.46. The van der Waals surface area contributed by atoms with Crippen LogP contribution in [0.4, 0.5) is 0 Å². The topological polar surface area (TPSA) is 82.4 Å². The molecule has 0 unspecified atom stereocenters. The number of hydrogen-bond acceptors (Lipinski definition) is 6. The Labute approximate surface area is 164 Å². The molecule has 1 saturated heterocycles. The molecule has 2 atom stereocenters. The maximum absolute atomic E-state index is 12.7. The molecule has 28 heavy (non-hydrogen) atoms. The van der Waals surface area contributed by atoms with E-state index in [0.29, 0.717) is 23.2 Å². The number of fused-ring (bicyclic) bond motifs is 1. The number of piperidine rings is 1. The van der Waals surface area contributed by atoms with Gasteiger partial charge in [0.25, 0.3) is 0 Å². The van der Waals surface area contributed by atoms with Crippen molar-refractivity contribution in [3.8, 4) is 22.9 Å². The van der Waals surface area contributed by atoms with Gasteiger partial charge in [-0.25, -0.2) is 0 Å². The quantitative estimate of drug-likeness (QED) is 0.786. The van der Waals surface area contributed by atoms with Gasteiger partial charge in [0.15, 0.2) is 11.5 Å². The zero-order valence-corrected chi connectivity index (χ0v) is 16.5. The molecule has 4 rings (SSSR count). The third-order valence-corrected chi connectivity index (χ3v) is 6.02. The van der Waals surface area contributed by atoms with E-state index in [9.17, 15) is 4.79 Å². The molecule has 1 saturated carbocycles. The summed E-state index contributed by atoms with van der Waals surface area (Å²) in [6.45, 7) is 1.84. The molecule has 0 N–H and O–H groups in total. The molecule has 8 heteroatoms. The van der Waals surface area contributed by atoms with Crippen LogP contribution in [-0.4, -0.2) is 58.3 Å². The van der Waals surface area contributed by atoms with Gasteiger partial charge in [0, 0.05) is 18.7 Å². The van der Waals surface area contributed by atoms with Crippen molar-refractivity contribution in [3.63, 3.8) is 0 Å². The summed E-state index contributed by atoms with van der Waals surface area (Å²) in [4.78, 5) is 16.1. The second kappa shape index (κ2) is 8.16. The zero-order chi connectivity index (χ0) is 19.5. The molecule has 2 heterocycles. The number of benzene rings is 1. The largest absolute Gasteiger partial charge is 0.493 e. The third kappa shape index (κ3) is 3.81. The number of aromatic nitrogens is 4. The van der Waals surface area contributed by atoms with Crippen molar-refractivity contribution < 1.29 is 14.3 Å². The lowest BCUT2D eigenvalue weighted by atomic mass is 9.75. The summed E-state index contributed by atoms with van der Waals surface area (Å²) >= 11 is 0. The van der Waals surface area contributed by atoms with Crippen LogP contribution in [0.25, 0.3) is 11.4 Å². The fourth-order valence-corrected chi connectivity index (χ4v) is 4.45. The van der Waals surface area contributed by atoms with Gasteiger partial charge >= 0.3 is 0 Å². The number of likely N-dealkylation sites (tertiary alicyclic amines) is 1. The Hall–Kier alpha value is -2.64. The van der Waals surface area contributed by atoms with Gasteiger partial charge in [-0.3, -0.25) is 4.79 Å². The van der Waals surface area contributed by atoms with Crippen LogP contribution in [0, 0.1) is 11.8 Å². The van der Waals surface area contributed by atoms with E-state index < -0.39 is 0 Å². The van der Waals surface area contributed by atoms with Crippen LogP contribution >= 0.6 is 0 Å². The van der Waals surface area contributed by atoms with Gasteiger partial charge < -0.3 is 14.4 Å². The molecular formula is C20H27N5O3. The van der Waals surface area contributed by atoms with Crippen LogP contribution in [0.2, 0.25) is 0 Å². The van der Waals surface area contributed by atoms with Crippen LogP contribution in [0.3, 0.4) is 0 Å². The summed E-state index contributed by atoms with van der Waals surface area (Å²) in [6.07, 6.45) is 6.34. The van der Waals surface area contributed by atoms with Crippen LogP contribution in [0.15, 0.2) is 18.2 Å². The highest BCUT2D eigenvalue weighted by Gasteiger charge is 2.33. The Morgan fingerprint density at radius 2 is 1.89 bits per heavy atom. The number of methoxy groups -OCH3 is 2. The van der Waals surface area contributed by atoms with Crippen LogP contribution in [0.5, 0.6) is 11.5 Å². The molecule has 0 bridgehead atoms. The number of nitrogens with zero attached hydrogens (tertiary/aromatic N) is 5. The molecule has 2 aromatic rings. The van der Waals surface area contributed by atoms with Crippen molar-refractivity contribution in [2.24, 2.45) is 11.8 Å². The summed E-state index contributed by atoms with van der Waals surface area (Å²) in [5.41, 5.74) is 0.763. The Bertz CT molecular complexity index is 837. The van der Waals surface area contributed by atoms with Crippen molar-refractivity contribution >= 4 is 5.91 Å². The Morgan fingerprint density at radius 3 is 2.68 bits per heavy atom. The third-order valence-electron chi connectivity index (χ3n) is 6.02. The van der Waals surface area contributed by atoms with E-state index in [1.807, 2.05) is 11.0 Å². The number of rotatable bonds is 5. The number of amides is 1. The lowest BCUT2D eigenvalue weighted by molar-refractivity contribution is -0.135. The van der Waals surface area contributed by atoms with Crippen LogP contribution in [-0.2, 0) is 11.3 Å². The van der Waals surface area contributed by atoms with Gasteiger partial charge in [-0.1, -0.05) is 19.3 Å². The molecule has 1 amide bonds. The van der Waals surface area contributed by atoms with Gasteiger partial charge in [-0.05, 0) is 48.1 Å². The predicted molar refractivity (Wildman–Crippen MR) is 103 cm³/mol. The zero-order valence-electron chi connectivity index (χ0n) is 16.5. The fourth-order valence-electron chi connectivity index (χ4n) is 4.45. The molecule has 8 nitrogen and oxygen atoms in total. The SMILES string of the molecule is COc1ccc(-c2nnn(CC(=O)N3CC[C@H]4CCCC[C@H]4C3)n2)cc1OC. The second-order valence-electron chi connectivity index (χ2n) is 7.65. The minimum absolute atomic E-state index is 0.0697. The second-order valence-corrected chi connectivity index (χ2v) is 7.65. The lowest BCUT2D eigenvalue weighted by Gasteiger charge is -2.41. The van der Waals surface area contributed by atoms with E-state index in [2.05, 4.69) is 15.4 Å². The van der Waals surface area contributed by atoms with Crippen molar-refractivity contribution in [2.45, 2.75) is 38.6 Å². The van der Waals surface area contributed by atoms with Gasteiger partial charge in [0.1, 0.15) is 6.54 Å². The molecule has 1 aliphatic heterocycles. The molecular weight excluding hydrogens is 358 g/mol. The Kier molecular flexibility index (Phi) is 5.45. The van der Waals surface area contributed by atoms with E-state index in [-0.39, 0.29) is 12.5 Å². The number of hydrogen-bond donors (Lipinski definition) is 0. The molecule has 1 aromatic carbocycles. The standard InChI is InChI=1S/C20H27N5O3/c1-27-17-8-7-15(11-18(17)28-2)20-21-23-25(22-20)13-19(26)24-10-9-14-5-3-4-6-16(14)12-24/h7-8,11,14,16H,3-6,9-10,12-13H2,1-2H3/t14-,16+/m1/s1. The summed E-state index contributed by atoms with van der Waals surface area (Å²) in [7, 11) is 3.17. The van der Waals surface area contributed by atoms with E-state index in [1.54, 1.807) is 26.4 Å².